The lowest BCUT2D eigenvalue weighted by molar-refractivity contribution is 0.0577. The maximum atomic E-state index is 12.7. The van der Waals surface area contributed by atoms with Gasteiger partial charge in [0, 0.05) is 24.7 Å². The number of likely N-dealkylation sites (tertiary alicyclic amines) is 2. The number of hydrogen-bond acceptors (Lipinski definition) is 3. The van der Waals surface area contributed by atoms with Gasteiger partial charge in [-0.2, -0.15) is 5.26 Å². The predicted octanol–water partition coefficient (Wildman–Crippen LogP) is 5.26. The van der Waals surface area contributed by atoms with Crippen LogP contribution in [0.25, 0.3) is 21.9 Å². The summed E-state index contributed by atoms with van der Waals surface area (Å²) in [7, 11) is 0. The molecule has 3 aromatic rings. The molecule has 1 atom stereocenters. The Morgan fingerprint density at radius 1 is 1.03 bits per heavy atom. The van der Waals surface area contributed by atoms with Gasteiger partial charge in [0.1, 0.15) is 0 Å². The van der Waals surface area contributed by atoms with Crippen LogP contribution in [0.2, 0.25) is 0 Å². The van der Waals surface area contributed by atoms with Gasteiger partial charge in [-0.1, -0.05) is 42.5 Å². The van der Waals surface area contributed by atoms with E-state index in [0.717, 1.165) is 10.8 Å². The van der Waals surface area contributed by atoms with Crippen molar-refractivity contribution >= 4 is 16.7 Å². The molecule has 2 saturated heterocycles. The summed E-state index contributed by atoms with van der Waals surface area (Å²) in [6.45, 7) is 5.74. The first-order valence-electron chi connectivity index (χ1n) is 11.2. The van der Waals surface area contributed by atoms with Crippen molar-refractivity contribution < 1.29 is 4.79 Å². The molecule has 2 fully saturated rings. The molecular weight excluding hydrogens is 382 g/mol. The lowest BCUT2D eigenvalue weighted by Crippen LogP contribution is -2.49. The number of carbonyl (C=O) groups excluding carboxylic acids is 1. The minimum atomic E-state index is -0.0220. The van der Waals surface area contributed by atoms with Gasteiger partial charge >= 0.3 is 0 Å². The molecule has 31 heavy (non-hydrogen) atoms. The van der Waals surface area contributed by atoms with Crippen LogP contribution in [0.15, 0.2) is 60.7 Å². The SMILES string of the molecule is CC(c1cccc(-c2cccc3cc(C(=O)N4CC(C#N)C4)ccc23)c1)N1CCCC1. The van der Waals surface area contributed by atoms with Crippen LogP contribution >= 0.6 is 0 Å². The van der Waals surface area contributed by atoms with Gasteiger partial charge in [-0.3, -0.25) is 9.69 Å². The summed E-state index contributed by atoms with van der Waals surface area (Å²) >= 11 is 0. The summed E-state index contributed by atoms with van der Waals surface area (Å²) in [5.41, 5.74) is 4.46. The Kier molecular flexibility index (Phi) is 5.21. The molecule has 0 bridgehead atoms. The fraction of sp³-hybridized carbons (Fsp3) is 0.333. The molecule has 0 radical (unpaired) electrons. The van der Waals surface area contributed by atoms with E-state index in [4.69, 9.17) is 5.26 Å². The van der Waals surface area contributed by atoms with Crippen molar-refractivity contribution in [3.8, 4) is 17.2 Å². The number of rotatable bonds is 4. The molecule has 1 amide bonds. The molecule has 1 unspecified atom stereocenters. The first-order valence-corrected chi connectivity index (χ1v) is 11.2. The lowest BCUT2D eigenvalue weighted by Gasteiger charge is -2.35. The van der Waals surface area contributed by atoms with Crippen LogP contribution in [0.5, 0.6) is 0 Å². The van der Waals surface area contributed by atoms with Gasteiger partial charge in [-0.25, -0.2) is 0 Å². The van der Waals surface area contributed by atoms with Crippen LogP contribution in [0.3, 0.4) is 0 Å². The zero-order valence-corrected chi connectivity index (χ0v) is 17.9. The monoisotopic (exact) mass is 409 g/mol. The molecule has 0 aromatic heterocycles. The molecule has 2 aliphatic heterocycles. The lowest BCUT2D eigenvalue weighted by atomic mass is 9.94. The van der Waals surface area contributed by atoms with Crippen LogP contribution in [-0.4, -0.2) is 41.9 Å². The van der Waals surface area contributed by atoms with E-state index in [1.807, 2.05) is 12.1 Å². The second kappa shape index (κ2) is 8.17. The van der Waals surface area contributed by atoms with E-state index in [1.165, 1.54) is 42.6 Å². The minimum Gasteiger partial charge on any atom is -0.336 e. The third-order valence-corrected chi connectivity index (χ3v) is 6.85. The maximum Gasteiger partial charge on any atom is 0.253 e. The molecule has 3 aromatic carbocycles. The van der Waals surface area contributed by atoms with Gasteiger partial charge < -0.3 is 4.90 Å². The summed E-state index contributed by atoms with van der Waals surface area (Å²) in [6, 6.07) is 23.8. The molecule has 4 nitrogen and oxygen atoms in total. The van der Waals surface area contributed by atoms with Gasteiger partial charge in [-0.05, 0) is 78.5 Å². The zero-order valence-electron chi connectivity index (χ0n) is 17.9. The maximum absolute atomic E-state index is 12.7. The number of hydrogen-bond donors (Lipinski definition) is 0. The van der Waals surface area contributed by atoms with Crippen molar-refractivity contribution in [3.05, 3.63) is 71.8 Å². The quantitative estimate of drug-likeness (QED) is 0.591. The number of benzene rings is 3. The van der Waals surface area contributed by atoms with Crippen molar-refractivity contribution in [1.82, 2.24) is 9.80 Å². The Morgan fingerprint density at radius 2 is 1.81 bits per heavy atom. The Morgan fingerprint density at radius 3 is 2.58 bits per heavy atom. The second-order valence-electron chi connectivity index (χ2n) is 8.82. The standard InChI is InChI=1S/C27H27N3O/c1-19(29-12-2-3-13-29)21-6-4-7-22(14-21)25-9-5-8-23-15-24(10-11-26(23)25)27(31)30-17-20(16-28)18-30/h4-11,14-15,19-20H,2-3,12-13,17-18H2,1H3. The van der Waals surface area contributed by atoms with Crippen LogP contribution in [0.1, 0.15) is 41.7 Å². The van der Waals surface area contributed by atoms with E-state index in [2.05, 4.69) is 66.4 Å². The van der Waals surface area contributed by atoms with Gasteiger partial charge in [-0.15, -0.1) is 0 Å². The molecule has 0 N–H and O–H groups in total. The molecule has 2 aliphatic rings. The summed E-state index contributed by atoms with van der Waals surface area (Å²) < 4.78 is 0. The highest BCUT2D eigenvalue weighted by Gasteiger charge is 2.31. The average Bonchev–Trinajstić information content (AvgIpc) is 3.32. The topological polar surface area (TPSA) is 47.3 Å². The number of fused-ring (bicyclic) bond motifs is 1. The molecule has 4 heteroatoms. The molecule has 0 aliphatic carbocycles. The van der Waals surface area contributed by atoms with Gasteiger partial charge in [0.2, 0.25) is 0 Å². The average molecular weight is 410 g/mol. The van der Waals surface area contributed by atoms with E-state index in [-0.39, 0.29) is 11.8 Å². The van der Waals surface area contributed by atoms with Crippen molar-refractivity contribution in [2.75, 3.05) is 26.2 Å². The number of carbonyl (C=O) groups is 1. The summed E-state index contributed by atoms with van der Waals surface area (Å²) in [4.78, 5) is 17.1. The van der Waals surface area contributed by atoms with Crippen LogP contribution in [0.4, 0.5) is 0 Å². The van der Waals surface area contributed by atoms with Crippen molar-refractivity contribution in [2.45, 2.75) is 25.8 Å². The highest BCUT2D eigenvalue weighted by molar-refractivity contribution is 6.03. The molecule has 0 spiro atoms. The van der Waals surface area contributed by atoms with E-state index < -0.39 is 0 Å². The highest BCUT2D eigenvalue weighted by Crippen LogP contribution is 2.33. The van der Waals surface area contributed by atoms with Crippen LogP contribution in [0, 0.1) is 17.2 Å². The smallest absolute Gasteiger partial charge is 0.253 e. The van der Waals surface area contributed by atoms with Gasteiger partial charge in [0.25, 0.3) is 5.91 Å². The molecule has 2 heterocycles. The number of nitrogens with zero attached hydrogens (tertiary/aromatic N) is 3. The normalized spacial score (nSPS) is 18.0. The number of amides is 1. The van der Waals surface area contributed by atoms with Gasteiger partial charge in [0.05, 0.1) is 12.0 Å². The van der Waals surface area contributed by atoms with E-state index in [0.29, 0.717) is 24.7 Å². The highest BCUT2D eigenvalue weighted by atomic mass is 16.2. The Bertz CT molecular complexity index is 1170. The fourth-order valence-corrected chi connectivity index (χ4v) is 4.88. The third-order valence-electron chi connectivity index (χ3n) is 6.85. The Labute approximate surface area is 183 Å². The van der Waals surface area contributed by atoms with Crippen LogP contribution < -0.4 is 0 Å². The first kappa shape index (κ1) is 19.8. The summed E-state index contributed by atoms with van der Waals surface area (Å²) in [6.07, 6.45) is 2.59. The minimum absolute atomic E-state index is 0.0141. The van der Waals surface area contributed by atoms with E-state index in [9.17, 15) is 4.79 Å². The summed E-state index contributed by atoms with van der Waals surface area (Å²) in [5, 5.41) is 11.2. The van der Waals surface area contributed by atoms with Crippen molar-refractivity contribution in [1.29, 1.82) is 5.26 Å². The zero-order chi connectivity index (χ0) is 21.4. The molecule has 156 valence electrons. The van der Waals surface area contributed by atoms with Gasteiger partial charge in [0.15, 0.2) is 0 Å². The molecule has 5 rings (SSSR count). The first-order chi connectivity index (χ1) is 15.1. The Hall–Kier alpha value is -3.16. The van der Waals surface area contributed by atoms with Crippen molar-refractivity contribution in [3.63, 3.8) is 0 Å². The van der Waals surface area contributed by atoms with E-state index in [1.54, 1.807) is 4.90 Å². The largest absolute Gasteiger partial charge is 0.336 e. The predicted molar refractivity (Wildman–Crippen MR) is 124 cm³/mol. The third kappa shape index (κ3) is 3.71. The summed E-state index contributed by atoms with van der Waals surface area (Å²) in [5.74, 6) is -0.00789. The second-order valence-corrected chi connectivity index (χ2v) is 8.82. The van der Waals surface area contributed by atoms with Crippen LogP contribution in [-0.2, 0) is 0 Å². The Balaban J connectivity index is 1.45. The van der Waals surface area contributed by atoms with E-state index >= 15 is 0 Å². The number of nitriles is 1. The van der Waals surface area contributed by atoms with Crippen molar-refractivity contribution in [2.24, 2.45) is 5.92 Å². The fourth-order valence-electron chi connectivity index (χ4n) is 4.88. The molecular formula is C27H27N3O. The molecule has 0 saturated carbocycles.